The van der Waals surface area contributed by atoms with Gasteiger partial charge in [-0.2, -0.15) is 13.4 Å². The summed E-state index contributed by atoms with van der Waals surface area (Å²) < 4.78 is 28.7. The Labute approximate surface area is 152 Å². The molecule has 6 nitrogen and oxygen atoms in total. The van der Waals surface area contributed by atoms with Crippen molar-refractivity contribution in [3.63, 3.8) is 0 Å². The fourth-order valence-corrected chi connectivity index (χ4v) is 6.55. The van der Waals surface area contributed by atoms with Gasteiger partial charge in [0.05, 0.1) is 18.3 Å². The van der Waals surface area contributed by atoms with Gasteiger partial charge >= 0.3 is 0 Å². The van der Waals surface area contributed by atoms with E-state index < -0.39 is 10.1 Å². The standard InChI is InChI=1S/C17H24N2O4S2/c1-25(21,22)23-4-2-19-3-5-24-16(19)18-15(20)17-9-12-6-13(10-17)8-14(7-12)11-17/h3,5,12-14H,2,4,6-11H2,1H3/b18-16-. The maximum Gasteiger partial charge on any atom is 0.264 e. The Kier molecular flexibility index (Phi) is 4.40. The Morgan fingerprint density at radius 2 is 1.88 bits per heavy atom. The molecule has 0 N–H and O–H groups in total. The van der Waals surface area contributed by atoms with Gasteiger partial charge in [-0.1, -0.05) is 0 Å². The predicted octanol–water partition coefficient (Wildman–Crippen LogP) is 2.17. The Morgan fingerprint density at radius 1 is 1.28 bits per heavy atom. The summed E-state index contributed by atoms with van der Waals surface area (Å²) in [7, 11) is -3.45. The van der Waals surface area contributed by atoms with Gasteiger partial charge in [-0.3, -0.25) is 8.98 Å². The minimum absolute atomic E-state index is 0.0341. The lowest BCUT2D eigenvalue weighted by atomic mass is 9.49. The SMILES string of the molecule is CS(=O)(=O)OCCn1ccs/c1=N\C(=O)C12CC3CC(CC(C3)C1)C2. The summed E-state index contributed by atoms with van der Waals surface area (Å²) in [5, 5.41) is 1.87. The molecule has 4 saturated carbocycles. The third-order valence-corrected chi connectivity index (χ3v) is 7.37. The highest BCUT2D eigenvalue weighted by Gasteiger charge is 2.54. The van der Waals surface area contributed by atoms with Crippen LogP contribution in [0.5, 0.6) is 0 Å². The van der Waals surface area contributed by atoms with Gasteiger partial charge in [0.15, 0.2) is 4.80 Å². The summed E-state index contributed by atoms with van der Waals surface area (Å²) in [5.41, 5.74) is -0.236. The molecule has 0 aromatic carbocycles. The van der Waals surface area contributed by atoms with E-state index in [9.17, 15) is 13.2 Å². The van der Waals surface area contributed by atoms with Crippen molar-refractivity contribution in [1.82, 2.24) is 4.57 Å². The second-order valence-electron chi connectivity index (χ2n) is 8.02. The van der Waals surface area contributed by atoms with Crippen LogP contribution < -0.4 is 4.80 Å². The normalized spacial score (nSPS) is 34.6. The van der Waals surface area contributed by atoms with Gasteiger partial charge < -0.3 is 4.57 Å². The van der Waals surface area contributed by atoms with Gasteiger partial charge in [-0.15, -0.1) is 11.3 Å². The minimum atomic E-state index is -3.45. The van der Waals surface area contributed by atoms with Crippen LogP contribution in [0.4, 0.5) is 0 Å². The number of hydrogen-bond acceptors (Lipinski definition) is 5. The fraction of sp³-hybridized carbons (Fsp3) is 0.765. The molecule has 1 heterocycles. The topological polar surface area (TPSA) is 77.7 Å². The molecule has 4 aliphatic rings. The van der Waals surface area contributed by atoms with E-state index in [2.05, 4.69) is 4.99 Å². The maximum atomic E-state index is 13.0. The van der Waals surface area contributed by atoms with E-state index in [1.54, 1.807) is 4.57 Å². The first-order valence-corrected chi connectivity index (χ1v) is 11.6. The van der Waals surface area contributed by atoms with Gasteiger partial charge in [0.25, 0.3) is 16.0 Å². The van der Waals surface area contributed by atoms with Crippen LogP contribution in [-0.2, 0) is 25.6 Å². The molecule has 5 rings (SSSR count). The first kappa shape index (κ1) is 17.4. The number of carbonyl (C=O) groups is 1. The zero-order valence-electron chi connectivity index (χ0n) is 14.4. The van der Waals surface area contributed by atoms with E-state index >= 15 is 0 Å². The second kappa shape index (κ2) is 6.32. The summed E-state index contributed by atoms with van der Waals surface area (Å²) in [6, 6.07) is 0. The second-order valence-corrected chi connectivity index (χ2v) is 10.5. The van der Waals surface area contributed by atoms with Crippen molar-refractivity contribution in [3.05, 3.63) is 16.4 Å². The third-order valence-electron chi connectivity index (χ3n) is 5.98. The predicted molar refractivity (Wildman–Crippen MR) is 94.3 cm³/mol. The van der Waals surface area contributed by atoms with E-state index in [4.69, 9.17) is 4.18 Å². The van der Waals surface area contributed by atoms with Crippen LogP contribution in [0.25, 0.3) is 0 Å². The fourth-order valence-electron chi connectivity index (χ4n) is 5.42. The lowest BCUT2D eigenvalue weighted by molar-refractivity contribution is -0.142. The van der Waals surface area contributed by atoms with Crippen molar-refractivity contribution in [1.29, 1.82) is 0 Å². The monoisotopic (exact) mass is 384 g/mol. The van der Waals surface area contributed by atoms with E-state index in [1.807, 2.05) is 11.6 Å². The summed E-state index contributed by atoms with van der Waals surface area (Å²) >= 11 is 1.41. The highest BCUT2D eigenvalue weighted by molar-refractivity contribution is 7.85. The average Bonchev–Trinajstić information content (AvgIpc) is 2.92. The molecule has 0 aliphatic heterocycles. The Hall–Kier alpha value is -0.990. The molecule has 25 heavy (non-hydrogen) atoms. The summed E-state index contributed by atoms with van der Waals surface area (Å²) in [4.78, 5) is 18.1. The molecule has 0 saturated heterocycles. The van der Waals surface area contributed by atoms with Crippen molar-refractivity contribution >= 4 is 27.4 Å². The highest BCUT2D eigenvalue weighted by Crippen LogP contribution is 2.60. The van der Waals surface area contributed by atoms with E-state index in [0.29, 0.717) is 29.1 Å². The number of hydrogen-bond donors (Lipinski definition) is 0. The molecule has 0 atom stereocenters. The van der Waals surface area contributed by atoms with Crippen molar-refractivity contribution in [3.8, 4) is 0 Å². The van der Waals surface area contributed by atoms with Crippen molar-refractivity contribution in [2.24, 2.45) is 28.2 Å². The first-order chi connectivity index (χ1) is 11.8. The molecule has 4 fully saturated rings. The molecule has 0 radical (unpaired) electrons. The van der Waals surface area contributed by atoms with Crippen LogP contribution in [0.15, 0.2) is 16.6 Å². The van der Waals surface area contributed by atoms with Gasteiger partial charge in [0.2, 0.25) is 0 Å². The van der Waals surface area contributed by atoms with Crippen LogP contribution in [-0.4, -0.2) is 31.8 Å². The smallest absolute Gasteiger partial charge is 0.264 e. The third kappa shape index (κ3) is 3.61. The van der Waals surface area contributed by atoms with E-state index in [0.717, 1.165) is 25.5 Å². The van der Waals surface area contributed by atoms with Crippen molar-refractivity contribution in [2.45, 2.75) is 45.1 Å². The molecule has 1 amide bonds. The first-order valence-electron chi connectivity index (χ1n) is 8.90. The zero-order valence-corrected chi connectivity index (χ0v) is 16.0. The summed E-state index contributed by atoms with van der Waals surface area (Å²) in [6.07, 6.45) is 9.77. The zero-order chi connectivity index (χ0) is 17.7. The molecule has 1 aromatic rings. The number of thiazole rings is 1. The number of rotatable bonds is 5. The maximum absolute atomic E-state index is 13.0. The van der Waals surface area contributed by atoms with Gasteiger partial charge in [0.1, 0.15) is 0 Å². The van der Waals surface area contributed by atoms with Crippen LogP contribution in [0.1, 0.15) is 38.5 Å². The minimum Gasteiger partial charge on any atom is -0.321 e. The number of nitrogens with zero attached hydrogens (tertiary/aromatic N) is 2. The van der Waals surface area contributed by atoms with E-state index in [-0.39, 0.29) is 17.9 Å². The van der Waals surface area contributed by atoms with Crippen molar-refractivity contribution < 1.29 is 17.4 Å². The highest BCUT2D eigenvalue weighted by atomic mass is 32.2. The van der Waals surface area contributed by atoms with Crippen LogP contribution in [0, 0.1) is 23.2 Å². The Bertz CT molecular complexity index is 802. The number of amides is 1. The molecule has 1 aromatic heterocycles. The molecule has 0 unspecified atom stereocenters. The lowest BCUT2D eigenvalue weighted by Gasteiger charge is -2.55. The van der Waals surface area contributed by atoms with Crippen molar-refractivity contribution in [2.75, 3.05) is 12.9 Å². The largest absolute Gasteiger partial charge is 0.321 e. The molecule has 138 valence electrons. The number of carbonyl (C=O) groups excluding carboxylic acids is 1. The molecule has 4 aliphatic carbocycles. The molecule has 8 heteroatoms. The summed E-state index contributed by atoms with van der Waals surface area (Å²) in [6.45, 7) is 0.415. The lowest BCUT2D eigenvalue weighted by Crippen LogP contribution is -2.50. The average molecular weight is 385 g/mol. The molecule has 4 bridgehead atoms. The Balaban J connectivity index is 1.52. The quantitative estimate of drug-likeness (QED) is 0.729. The molecular weight excluding hydrogens is 360 g/mol. The summed E-state index contributed by atoms with van der Waals surface area (Å²) in [5.74, 6) is 2.17. The van der Waals surface area contributed by atoms with Crippen LogP contribution >= 0.6 is 11.3 Å². The van der Waals surface area contributed by atoms with Gasteiger partial charge in [-0.25, -0.2) is 0 Å². The van der Waals surface area contributed by atoms with Crippen LogP contribution in [0.2, 0.25) is 0 Å². The van der Waals surface area contributed by atoms with Gasteiger partial charge in [0, 0.05) is 18.1 Å². The van der Waals surface area contributed by atoms with Gasteiger partial charge in [-0.05, 0) is 56.3 Å². The molecular formula is C17H24N2O4S2. The molecule has 0 spiro atoms. The Morgan fingerprint density at radius 3 is 2.44 bits per heavy atom. The number of aromatic nitrogens is 1. The van der Waals surface area contributed by atoms with Crippen LogP contribution in [0.3, 0.4) is 0 Å². The van der Waals surface area contributed by atoms with E-state index in [1.165, 1.54) is 30.6 Å².